The highest BCUT2D eigenvalue weighted by molar-refractivity contribution is 5.95. The Hall–Kier alpha value is -3.22. The predicted molar refractivity (Wildman–Crippen MR) is 147 cm³/mol. The van der Waals surface area contributed by atoms with Crippen LogP contribution in [0.25, 0.3) is 10.8 Å². The van der Waals surface area contributed by atoms with Gasteiger partial charge in [0.2, 0.25) is 0 Å². The zero-order valence-corrected chi connectivity index (χ0v) is 22.8. The SMILES string of the molecule is COC(=O)c1ccc2ccc(C(C)CCCC[C@H]3OC(C)(C)OC[C@H]3C(=O)OCc3ccccc3)cc2c1. The van der Waals surface area contributed by atoms with Gasteiger partial charge in [-0.3, -0.25) is 4.79 Å². The Bertz CT molecular complexity index is 1240. The number of rotatable bonds is 10. The predicted octanol–water partition coefficient (Wildman–Crippen LogP) is 6.80. The lowest BCUT2D eigenvalue weighted by Crippen LogP contribution is -2.48. The van der Waals surface area contributed by atoms with Crippen LogP contribution in [0.4, 0.5) is 0 Å². The molecule has 6 heteroatoms. The molecule has 202 valence electrons. The van der Waals surface area contributed by atoms with Gasteiger partial charge in [0.05, 0.1) is 25.4 Å². The van der Waals surface area contributed by atoms with Crippen molar-refractivity contribution in [1.82, 2.24) is 0 Å². The molecule has 3 aromatic carbocycles. The van der Waals surface area contributed by atoms with Gasteiger partial charge in [-0.2, -0.15) is 0 Å². The molecular weight excluding hydrogens is 480 g/mol. The van der Waals surface area contributed by atoms with E-state index in [0.717, 1.165) is 42.0 Å². The van der Waals surface area contributed by atoms with Crippen molar-refractivity contribution in [3.63, 3.8) is 0 Å². The highest BCUT2D eigenvalue weighted by Gasteiger charge is 2.40. The summed E-state index contributed by atoms with van der Waals surface area (Å²) in [5.74, 6) is -1.40. The van der Waals surface area contributed by atoms with E-state index in [9.17, 15) is 9.59 Å². The quantitative estimate of drug-likeness (QED) is 0.217. The van der Waals surface area contributed by atoms with Crippen LogP contribution in [0.2, 0.25) is 0 Å². The van der Waals surface area contributed by atoms with Crippen molar-refractivity contribution in [3.05, 3.63) is 83.4 Å². The minimum absolute atomic E-state index is 0.241. The monoisotopic (exact) mass is 518 g/mol. The summed E-state index contributed by atoms with van der Waals surface area (Å²) in [6.45, 7) is 6.55. The van der Waals surface area contributed by atoms with Gasteiger partial charge < -0.3 is 18.9 Å². The lowest BCUT2D eigenvalue weighted by atomic mass is 9.91. The number of hydrogen-bond donors (Lipinski definition) is 0. The topological polar surface area (TPSA) is 71.1 Å². The van der Waals surface area contributed by atoms with Gasteiger partial charge in [0.1, 0.15) is 12.5 Å². The molecule has 1 fully saturated rings. The van der Waals surface area contributed by atoms with Crippen molar-refractivity contribution in [2.24, 2.45) is 5.92 Å². The second-order valence-corrected chi connectivity index (χ2v) is 10.6. The third-order valence-corrected chi connectivity index (χ3v) is 7.25. The first-order chi connectivity index (χ1) is 18.3. The summed E-state index contributed by atoms with van der Waals surface area (Å²) in [7, 11) is 1.40. The Morgan fingerprint density at radius 3 is 2.53 bits per heavy atom. The first-order valence-electron chi connectivity index (χ1n) is 13.4. The average Bonchev–Trinajstić information content (AvgIpc) is 2.93. The molecule has 38 heavy (non-hydrogen) atoms. The summed E-state index contributed by atoms with van der Waals surface area (Å²) in [5, 5.41) is 2.13. The normalized spacial score (nSPS) is 19.6. The van der Waals surface area contributed by atoms with Crippen LogP contribution in [-0.4, -0.2) is 37.5 Å². The Morgan fingerprint density at radius 2 is 1.76 bits per heavy atom. The Balaban J connectivity index is 1.31. The molecule has 0 saturated carbocycles. The molecule has 0 radical (unpaired) electrons. The van der Waals surface area contributed by atoms with Gasteiger partial charge in [0.15, 0.2) is 5.79 Å². The molecule has 0 N–H and O–H groups in total. The second-order valence-electron chi connectivity index (χ2n) is 10.6. The third-order valence-electron chi connectivity index (χ3n) is 7.25. The molecule has 6 nitrogen and oxygen atoms in total. The molecule has 1 heterocycles. The maximum atomic E-state index is 12.9. The smallest absolute Gasteiger partial charge is 0.337 e. The summed E-state index contributed by atoms with van der Waals surface area (Å²) in [6.07, 6.45) is 3.49. The van der Waals surface area contributed by atoms with Crippen LogP contribution in [0, 0.1) is 5.92 Å². The van der Waals surface area contributed by atoms with Gasteiger partial charge in [-0.25, -0.2) is 4.79 Å². The lowest BCUT2D eigenvalue weighted by Gasteiger charge is -2.40. The number of ether oxygens (including phenoxy) is 4. The van der Waals surface area contributed by atoms with E-state index in [0.29, 0.717) is 18.1 Å². The van der Waals surface area contributed by atoms with Gasteiger partial charge in [-0.1, -0.05) is 74.4 Å². The summed E-state index contributed by atoms with van der Waals surface area (Å²) in [6, 6.07) is 21.7. The van der Waals surface area contributed by atoms with Crippen molar-refractivity contribution in [2.45, 2.75) is 70.9 Å². The molecular formula is C32H38O6. The van der Waals surface area contributed by atoms with Gasteiger partial charge >= 0.3 is 11.9 Å². The minimum Gasteiger partial charge on any atom is -0.465 e. The summed E-state index contributed by atoms with van der Waals surface area (Å²) >= 11 is 0. The fourth-order valence-electron chi connectivity index (χ4n) is 4.97. The summed E-state index contributed by atoms with van der Waals surface area (Å²) in [5.41, 5.74) is 2.76. The molecule has 1 saturated heterocycles. The van der Waals surface area contributed by atoms with E-state index in [1.165, 1.54) is 12.7 Å². The van der Waals surface area contributed by atoms with Crippen molar-refractivity contribution in [2.75, 3.05) is 13.7 Å². The van der Waals surface area contributed by atoms with Crippen molar-refractivity contribution in [3.8, 4) is 0 Å². The molecule has 0 aliphatic carbocycles. The van der Waals surface area contributed by atoms with Crippen LogP contribution in [0.1, 0.15) is 73.9 Å². The zero-order valence-electron chi connectivity index (χ0n) is 22.8. The molecule has 3 aromatic rings. The molecule has 0 spiro atoms. The maximum absolute atomic E-state index is 12.9. The number of methoxy groups -OCH3 is 1. The Kier molecular flexibility index (Phi) is 9.18. The summed E-state index contributed by atoms with van der Waals surface area (Å²) in [4.78, 5) is 24.8. The molecule has 0 amide bonds. The first kappa shape index (κ1) is 27.8. The average molecular weight is 519 g/mol. The van der Waals surface area contributed by atoms with Gasteiger partial charge in [0.25, 0.3) is 0 Å². The molecule has 0 bridgehead atoms. The van der Waals surface area contributed by atoms with E-state index in [-0.39, 0.29) is 24.6 Å². The number of fused-ring (bicyclic) bond motifs is 1. The molecule has 0 aromatic heterocycles. The molecule has 4 rings (SSSR count). The number of unbranched alkanes of at least 4 members (excludes halogenated alkanes) is 1. The standard InChI is InChI=1S/C32H38O6/c1-22(25-16-14-24-15-17-26(30(33)35-4)19-27(24)18-25)10-8-9-13-29-28(21-37-32(2,3)38-29)31(34)36-20-23-11-6-5-7-12-23/h5-7,11-12,14-19,22,28-29H,8-10,13,20-21H2,1-4H3/t22?,28-,29-/m1/s1. The number of carbonyl (C=O) groups is 2. The lowest BCUT2D eigenvalue weighted by molar-refractivity contribution is -0.292. The van der Waals surface area contributed by atoms with E-state index < -0.39 is 11.7 Å². The van der Waals surface area contributed by atoms with Crippen LogP contribution in [-0.2, 0) is 30.3 Å². The summed E-state index contributed by atoms with van der Waals surface area (Å²) < 4.78 is 22.4. The largest absolute Gasteiger partial charge is 0.465 e. The number of esters is 2. The molecule has 1 aliphatic rings. The molecule has 1 aliphatic heterocycles. The second kappa shape index (κ2) is 12.5. The van der Waals surface area contributed by atoms with E-state index in [4.69, 9.17) is 18.9 Å². The Labute approximate surface area is 225 Å². The zero-order chi connectivity index (χ0) is 27.1. The van der Waals surface area contributed by atoms with E-state index in [1.807, 2.05) is 56.3 Å². The van der Waals surface area contributed by atoms with Crippen LogP contribution in [0.3, 0.4) is 0 Å². The van der Waals surface area contributed by atoms with Gasteiger partial charge in [-0.15, -0.1) is 0 Å². The fraction of sp³-hybridized carbons (Fsp3) is 0.438. The van der Waals surface area contributed by atoms with Crippen LogP contribution in [0.5, 0.6) is 0 Å². The van der Waals surface area contributed by atoms with Crippen molar-refractivity contribution < 1.29 is 28.5 Å². The number of benzene rings is 3. The van der Waals surface area contributed by atoms with Crippen molar-refractivity contribution >= 4 is 22.7 Å². The van der Waals surface area contributed by atoms with E-state index in [1.54, 1.807) is 6.07 Å². The van der Waals surface area contributed by atoms with Crippen LogP contribution in [0.15, 0.2) is 66.7 Å². The number of hydrogen-bond acceptors (Lipinski definition) is 6. The Morgan fingerprint density at radius 1 is 1.00 bits per heavy atom. The van der Waals surface area contributed by atoms with E-state index >= 15 is 0 Å². The number of carbonyl (C=O) groups excluding carboxylic acids is 2. The molecule has 1 unspecified atom stereocenters. The minimum atomic E-state index is -0.720. The van der Waals surface area contributed by atoms with Gasteiger partial charge in [0, 0.05) is 0 Å². The third kappa shape index (κ3) is 7.21. The van der Waals surface area contributed by atoms with E-state index in [2.05, 4.69) is 25.1 Å². The first-order valence-corrected chi connectivity index (χ1v) is 13.4. The highest BCUT2D eigenvalue weighted by atomic mass is 16.7. The van der Waals surface area contributed by atoms with Crippen LogP contribution < -0.4 is 0 Å². The van der Waals surface area contributed by atoms with Gasteiger partial charge in [-0.05, 0) is 66.6 Å². The highest BCUT2D eigenvalue weighted by Crippen LogP contribution is 2.32. The molecule has 3 atom stereocenters. The fourth-order valence-corrected chi connectivity index (χ4v) is 4.97. The van der Waals surface area contributed by atoms with Crippen LogP contribution >= 0.6 is 0 Å². The van der Waals surface area contributed by atoms with Crippen molar-refractivity contribution in [1.29, 1.82) is 0 Å². The maximum Gasteiger partial charge on any atom is 0.337 e.